The molecule has 0 fully saturated rings. The quantitative estimate of drug-likeness (QED) is 0.801. The lowest BCUT2D eigenvalue weighted by Crippen LogP contribution is -2.30. The zero-order chi connectivity index (χ0) is 11.3. The highest BCUT2D eigenvalue weighted by Gasteiger charge is 2.05. The van der Waals surface area contributed by atoms with Gasteiger partial charge in [0.25, 0.3) is 0 Å². The molecule has 0 radical (unpaired) electrons. The van der Waals surface area contributed by atoms with Gasteiger partial charge in [0.15, 0.2) is 0 Å². The summed E-state index contributed by atoms with van der Waals surface area (Å²) in [7, 11) is 1.92. The molecule has 0 heterocycles. The third-order valence-electron chi connectivity index (χ3n) is 2.53. The van der Waals surface area contributed by atoms with Crippen LogP contribution in [0.3, 0.4) is 0 Å². The lowest BCUT2D eigenvalue weighted by molar-refractivity contribution is 0.617. The van der Waals surface area contributed by atoms with Gasteiger partial charge >= 0.3 is 0 Å². The van der Waals surface area contributed by atoms with Crippen LogP contribution in [0, 0.1) is 12.7 Å². The third kappa shape index (κ3) is 3.20. The maximum absolute atomic E-state index is 13.4. The Hall–Kier alpha value is -1.09. The van der Waals surface area contributed by atoms with Crippen molar-refractivity contribution in [3.8, 4) is 0 Å². The number of likely N-dealkylation sites (N-methyl/N-ethyl adjacent to an activating group) is 2. The predicted octanol–water partition coefficient (Wildman–Crippen LogP) is 2.18. The van der Waals surface area contributed by atoms with Crippen molar-refractivity contribution in [2.75, 3.05) is 31.6 Å². The van der Waals surface area contributed by atoms with Crippen LogP contribution in [-0.2, 0) is 0 Å². The summed E-state index contributed by atoms with van der Waals surface area (Å²) in [6.07, 6.45) is 0. The number of hydrogen-bond acceptors (Lipinski definition) is 2. The standard InChI is InChI=1S/C12H19FN2/c1-4-15(8-7-14-3)11-6-5-10(2)12(13)9-11/h5-6,9,14H,4,7-8H2,1-3H3. The summed E-state index contributed by atoms with van der Waals surface area (Å²) in [6, 6.07) is 5.40. The molecular formula is C12H19FN2. The van der Waals surface area contributed by atoms with E-state index in [0.717, 1.165) is 25.3 Å². The molecule has 0 aromatic heterocycles. The second-order valence-corrected chi connectivity index (χ2v) is 3.62. The number of nitrogens with one attached hydrogen (secondary N) is 1. The van der Waals surface area contributed by atoms with E-state index in [0.29, 0.717) is 5.56 Å². The van der Waals surface area contributed by atoms with Gasteiger partial charge in [-0.1, -0.05) is 6.07 Å². The van der Waals surface area contributed by atoms with Gasteiger partial charge in [0.05, 0.1) is 0 Å². The first-order chi connectivity index (χ1) is 7.19. The van der Waals surface area contributed by atoms with E-state index in [1.54, 1.807) is 13.0 Å². The SMILES string of the molecule is CCN(CCNC)c1ccc(C)c(F)c1. The Kier molecular flexibility index (Phi) is 4.56. The molecule has 0 aliphatic heterocycles. The van der Waals surface area contributed by atoms with Crippen molar-refractivity contribution in [1.29, 1.82) is 0 Å². The maximum Gasteiger partial charge on any atom is 0.128 e. The summed E-state index contributed by atoms with van der Waals surface area (Å²) in [5, 5.41) is 3.09. The van der Waals surface area contributed by atoms with Crippen LogP contribution >= 0.6 is 0 Å². The van der Waals surface area contributed by atoms with Crippen LogP contribution in [0.1, 0.15) is 12.5 Å². The van der Waals surface area contributed by atoms with Crippen molar-refractivity contribution < 1.29 is 4.39 Å². The van der Waals surface area contributed by atoms with Gasteiger partial charge in [-0.3, -0.25) is 0 Å². The highest BCUT2D eigenvalue weighted by atomic mass is 19.1. The summed E-state index contributed by atoms with van der Waals surface area (Å²) in [5.74, 6) is -0.129. The van der Waals surface area contributed by atoms with Gasteiger partial charge in [-0.15, -0.1) is 0 Å². The number of hydrogen-bond donors (Lipinski definition) is 1. The molecule has 1 rings (SSSR count). The number of anilines is 1. The molecule has 0 saturated heterocycles. The lowest BCUT2D eigenvalue weighted by atomic mass is 10.2. The third-order valence-corrected chi connectivity index (χ3v) is 2.53. The number of halogens is 1. The fourth-order valence-corrected chi connectivity index (χ4v) is 1.50. The van der Waals surface area contributed by atoms with E-state index in [2.05, 4.69) is 17.1 Å². The predicted molar refractivity (Wildman–Crippen MR) is 63.0 cm³/mol. The van der Waals surface area contributed by atoms with Gasteiger partial charge in [0, 0.05) is 25.3 Å². The van der Waals surface area contributed by atoms with Crippen LogP contribution < -0.4 is 10.2 Å². The monoisotopic (exact) mass is 210 g/mol. The largest absolute Gasteiger partial charge is 0.370 e. The Morgan fingerprint density at radius 1 is 1.40 bits per heavy atom. The van der Waals surface area contributed by atoms with E-state index in [-0.39, 0.29) is 5.82 Å². The Morgan fingerprint density at radius 3 is 2.67 bits per heavy atom. The zero-order valence-electron chi connectivity index (χ0n) is 9.68. The summed E-state index contributed by atoms with van der Waals surface area (Å²) >= 11 is 0. The summed E-state index contributed by atoms with van der Waals surface area (Å²) < 4.78 is 13.4. The first-order valence-corrected chi connectivity index (χ1v) is 5.34. The Bertz CT molecular complexity index is 312. The summed E-state index contributed by atoms with van der Waals surface area (Å²) in [6.45, 7) is 6.55. The van der Waals surface area contributed by atoms with Crippen molar-refractivity contribution in [2.24, 2.45) is 0 Å². The van der Waals surface area contributed by atoms with Crippen molar-refractivity contribution in [2.45, 2.75) is 13.8 Å². The van der Waals surface area contributed by atoms with Crippen molar-refractivity contribution in [3.63, 3.8) is 0 Å². The van der Waals surface area contributed by atoms with Gasteiger partial charge in [-0.05, 0) is 38.6 Å². The fraction of sp³-hybridized carbons (Fsp3) is 0.500. The molecule has 1 aromatic rings. The van der Waals surface area contributed by atoms with E-state index in [1.165, 1.54) is 0 Å². The Balaban J connectivity index is 2.78. The highest BCUT2D eigenvalue weighted by Crippen LogP contribution is 2.17. The number of rotatable bonds is 5. The second kappa shape index (κ2) is 5.71. The smallest absolute Gasteiger partial charge is 0.128 e. The molecule has 1 aromatic carbocycles. The molecule has 0 spiro atoms. The molecule has 0 aliphatic carbocycles. The van der Waals surface area contributed by atoms with Crippen LogP contribution in [0.4, 0.5) is 10.1 Å². The molecular weight excluding hydrogens is 191 g/mol. The minimum atomic E-state index is -0.129. The van der Waals surface area contributed by atoms with E-state index < -0.39 is 0 Å². The van der Waals surface area contributed by atoms with Crippen molar-refractivity contribution in [1.82, 2.24) is 5.32 Å². The molecule has 0 unspecified atom stereocenters. The van der Waals surface area contributed by atoms with E-state index in [1.807, 2.05) is 19.2 Å². The highest BCUT2D eigenvalue weighted by molar-refractivity contribution is 5.48. The molecule has 0 atom stereocenters. The molecule has 84 valence electrons. The van der Waals surface area contributed by atoms with E-state index in [4.69, 9.17) is 0 Å². The van der Waals surface area contributed by atoms with Crippen LogP contribution in [-0.4, -0.2) is 26.7 Å². The summed E-state index contributed by atoms with van der Waals surface area (Å²) in [4.78, 5) is 2.15. The first kappa shape index (κ1) is 12.0. The molecule has 0 amide bonds. The van der Waals surface area contributed by atoms with Crippen LogP contribution in [0.15, 0.2) is 18.2 Å². The molecule has 15 heavy (non-hydrogen) atoms. The average Bonchev–Trinajstić information content (AvgIpc) is 2.24. The number of benzene rings is 1. The second-order valence-electron chi connectivity index (χ2n) is 3.62. The van der Waals surface area contributed by atoms with Gasteiger partial charge in [0.2, 0.25) is 0 Å². The van der Waals surface area contributed by atoms with Gasteiger partial charge in [-0.25, -0.2) is 4.39 Å². The fourth-order valence-electron chi connectivity index (χ4n) is 1.50. The normalized spacial score (nSPS) is 10.4. The Labute approximate surface area is 91.1 Å². The average molecular weight is 210 g/mol. The van der Waals surface area contributed by atoms with Gasteiger partial charge in [0.1, 0.15) is 5.82 Å². The number of aryl methyl sites for hydroxylation is 1. The van der Waals surface area contributed by atoms with Crippen molar-refractivity contribution >= 4 is 5.69 Å². The molecule has 3 heteroatoms. The number of nitrogens with zero attached hydrogens (tertiary/aromatic N) is 1. The first-order valence-electron chi connectivity index (χ1n) is 5.34. The minimum absolute atomic E-state index is 0.129. The maximum atomic E-state index is 13.4. The molecule has 2 nitrogen and oxygen atoms in total. The van der Waals surface area contributed by atoms with Gasteiger partial charge < -0.3 is 10.2 Å². The zero-order valence-corrected chi connectivity index (χ0v) is 9.68. The van der Waals surface area contributed by atoms with E-state index in [9.17, 15) is 4.39 Å². The lowest BCUT2D eigenvalue weighted by Gasteiger charge is -2.23. The van der Waals surface area contributed by atoms with Crippen LogP contribution in [0.25, 0.3) is 0 Å². The molecule has 0 bridgehead atoms. The van der Waals surface area contributed by atoms with Crippen molar-refractivity contribution in [3.05, 3.63) is 29.6 Å². The topological polar surface area (TPSA) is 15.3 Å². The minimum Gasteiger partial charge on any atom is -0.370 e. The van der Waals surface area contributed by atoms with E-state index >= 15 is 0 Å². The Morgan fingerprint density at radius 2 is 2.13 bits per heavy atom. The van der Waals surface area contributed by atoms with Crippen LogP contribution in [0.5, 0.6) is 0 Å². The molecule has 0 saturated carbocycles. The summed E-state index contributed by atoms with van der Waals surface area (Å²) in [5.41, 5.74) is 1.65. The van der Waals surface area contributed by atoms with Crippen LogP contribution in [0.2, 0.25) is 0 Å². The van der Waals surface area contributed by atoms with Gasteiger partial charge in [-0.2, -0.15) is 0 Å². The molecule has 1 N–H and O–H groups in total. The molecule has 0 aliphatic rings.